The smallest absolute Gasteiger partial charge is 0.251 e. The highest BCUT2D eigenvalue weighted by atomic mass is 16.2. The van der Waals surface area contributed by atoms with E-state index in [0.29, 0.717) is 18.5 Å². The second-order valence-electron chi connectivity index (χ2n) is 6.25. The molecule has 0 radical (unpaired) electrons. The first-order valence-electron chi connectivity index (χ1n) is 8.91. The number of nitrogens with one attached hydrogen (secondary N) is 2. The monoisotopic (exact) mass is 356 g/mol. The van der Waals surface area contributed by atoms with Gasteiger partial charge in [-0.15, -0.1) is 0 Å². The number of rotatable bonds is 6. The fraction of sp³-hybridized carbons (Fsp3) is 0.444. The number of hydrogen-bond acceptors (Lipinski definition) is 6. The van der Waals surface area contributed by atoms with E-state index in [9.17, 15) is 9.59 Å². The number of aromatic amines is 1. The molecular formula is C18H24N6O2. The average molecular weight is 356 g/mol. The van der Waals surface area contributed by atoms with Crippen molar-refractivity contribution in [2.45, 2.75) is 13.3 Å². The number of pyridine rings is 1. The Balaban J connectivity index is 1.44. The van der Waals surface area contributed by atoms with Crippen LogP contribution in [-0.2, 0) is 6.42 Å². The molecule has 2 N–H and O–H groups in total. The van der Waals surface area contributed by atoms with Crippen LogP contribution >= 0.6 is 0 Å². The highest BCUT2D eigenvalue weighted by Crippen LogP contribution is 2.09. The summed E-state index contributed by atoms with van der Waals surface area (Å²) in [7, 11) is 0. The van der Waals surface area contributed by atoms with Crippen LogP contribution in [0.5, 0.6) is 0 Å². The minimum atomic E-state index is -0.242. The lowest BCUT2D eigenvalue weighted by Crippen LogP contribution is -2.49. The number of amides is 1. The lowest BCUT2D eigenvalue weighted by molar-refractivity contribution is 0.0947. The maximum atomic E-state index is 12.2. The van der Waals surface area contributed by atoms with Gasteiger partial charge in [0.1, 0.15) is 0 Å². The van der Waals surface area contributed by atoms with E-state index in [1.54, 1.807) is 18.5 Å². The first-order chi connectivity index (χ1) is 12.7. The second kappa shape index (κ2) is 8.57. The molecule has 138 valence electrons. The van der Waals surface area contributed by atoms with Crippen molar-refractivity contribution in [1.29, 1.82) is 0 Å². The van der Waals surface area contributed by atoms with Crippen molar-refractivity contribution in [3.8, 4) is 0 Å². The Kier molecular flexibility index (Phi) is 5.96. The van der Waals surface area contributed by atoms with Crippen molar-refractivity contribution in [3.05, 3.63) is 52.2 Å². The van der Waals surface area contributed by atoms with Crippen LogP contribution in [0, 0.1) is 0 Å². The Morgan fingerprint density at radius 1 is 1.19 bits per heavy atom. The summed E-state index contributed by atoms with van der Waals surface area (Å²) in [5, 5.41) is 2.90. The molecule has 0 aromatic carbocycles. The van der Waals surface area contributed by atoms with Crippen LogP contribution in [0.2, 0.25) is 0 Å². The summed E-state index contributed by atoms with van der Waals surface area (Å²) in [6.07, 6.45) is 4.19. The number of anilines is 1. The van der Waals surface area contributed by atoms with E-state index in [-0.39, 0.29) is 11.5 Å². The standard InChI is InChI=1S/C18H24N6O2/c1-2-15-12-14(13-16(25)22-15)17(26)19-6-7-23-8-10-24(11-9-23)18-20-4-3-5-21-18/h3-5,12-13H,2,6-11H2,1H3,(H,19,26)(H,22,25). The molecule has 8 nitrogen and oxygen atoms in total. The number of aryl methyl sites for hydroxylation is 1. The van der Waals surface area contributed by atoms with E-state index in [1.165, 1.54) is 6.07 Å². The molecule has 1 aliphatic rings. The molecule has 1 fully saturated rings. The van der Waals surface area contributed by atoms with Gasteiger partial charge in [-0.05, 0) is 18.6 Å². The molecule has 8 heteroatoms. The van der Waals surface area contributed by atoms with E-state index >= 15 is 0 Å². The number of carbonyl (C=O) groups excluding carboxylic acids is 1. The summed E-state index contributed by atoms with van der Waals surface area (Å²) in [6, 6.07) is 4.88. The zero-order chi connectivity index (χ0) is 18.4. The minimum absolute atomic E-state index is 0.206. The number of piperazine rings is 1. The summed E-state index contributed by atoms with van der Waals surface area (Å²) >= 11 is 0. The molecule has 1 saturated heterocycles. The summed E-state index contributed by atoms with van der Waals surface area (Å²) < 4.78 is 0. The molecule has 1 aliphatic heterocycles. The highest BCUT2D eigenvalue weighted by molar-refractivity contribution is 5.94. The van der Waals surface area contributed by atoms with E-state index < -0.39 is 0 Å². The van der Waals surface area contributed by atoms with Crippen LogP contribution in [0.15, 0.2) is 35.4 Å². The van der Waals surface area contributed by atoms with Gasteiger partial charge in [-0.2, -0.15) is 0 Å². The van der Waals surface area contributed by atoms with E-state index in [0.717, 1.165) is 44.4 Å². The lowest BCUT2D eigenvalue weighted by Gasteiger charge is -2.34. The predicted octanol–water partition coefficient (Wildman–Crippen LogP) is 0.279. The lowest BCUT2D eigenvalue weighted by atomic mass is 10.2. The molecule has 0 saturated carbocycles. The van der Waals surface area contributed by atoms with Gasteiger partial charge in [0.2, 0.25) is 11.5 Å². The van der Waals surface area contributed by atoms with Crippen LogP contribution in [0.25, 0.3) is 0 Å². The largest absolute Gasteiger partial charge is 0.351 e. The Labute approximate surface area is 152 Å². The third-order valence-electron chi connectivity index (χ3n) is 4.46. The molecule has 3 rings (SSSR count). The number of carbonyl (C=O) groups is 1. The maximum absolute atomic E-state index is 12.2. The summed E-state index contributed by atoms with van der Waals surface area (Å²) in [5.74, 6) is 0.559. The van der Waals surface area contributed by atoms with E-state index in [2.05, 4.69) is 30.1 Å². The highest BCUT2D eigenvalue weighted by Gasteiger charge is 2.18. The van der Waals surface area contributed by atoms with Crippen molar-refractivity contribution in [2.75, 3.05) is 44.2 Å². The van der Waals surface area contributed by atoms with Gasteiger partial charge in [-0.25, -0.2) is 9.97 Å². The average Bonchev–Trinajstić information content (AvgIpc) is 2.68. The third kappa shape index (κ3) is 4.66. The van der Waals surface area contributed by atoms with E-state index in [1.807, 2.05) is 13.0 Å². The fourth-order valence-electron chi connectivity index (χ4n) is 2.98. The Morgan fingerprint density at radius 3 is 2.62 bits per heavy atom. The molecule has 0 bridgehead atoms. The van der Waals surface area contributed by atoms with Crippen molar-refractivity contribution in [3.63, 3.8) is 0 Å². The maximum Gasteiger partial charge on any atom is 0.251 e. The molecule has 0 unspecified atom stereocenters. The molecule has 0 aliphatic carbocycles. The Morgan fingerprint density at radius 2 is 1.92 bits per heavy atom. The van der Waals surface area contributed by atoms with Gasteiger partial charge in [-0.1, -0.05) is 6.92 Å². The third-order valence-corrected chi connectivity index (χ3v) is 4.46. The molecule has 3 heterocycles. The Bertz CT molecular complexity index is 784. The quantitative estimate of drug-likeness (QED) is 0.772. The van der Waals surface area contributed by atoms with Crippen LogP contribution in [-0.4, -0.2) is 65.0 Å². The van der Waals surface area contributed by atoms with Crippen LogP contribution in [0.4, 0.5) is 5.95 Å². The van der Waals surface area contributed by atoms with Crippen LogP contribution in [0.1, 0.15) is 23.0 Å². The zero-order valence-corrected chi connectivity index (χ0v) is 14.9. The second-order valence-corrected chi connectivity index (χ2v) is 6.25. The summed E-state index contributed by atoms with van der Waals surface area (Å²) in [6.45, 7) is 6.80. The topological polar surface area (TPSA) is 94.2 Å². The molecular weight excluding hydrogens is 332 g/mol. The van der Waals surface area contributed by atoms with Gasteiger partial charge in [0, 0.05) is 69.0 Å². The van der Waals surface area contributed by atoms with Crippen LogP contribution < -0.4 is 15.8 Å². The number of aromatic nitrogens is 3. The summed E-state index contributed by atoms with van der Waals surface area (Å²) in [5.41, 5.74) is 0.937. The molecule has 2 aromatic heterocycles. The zero-order valence-electron chi connectivity index (χ0n) is 14.9. The van der Waals surface area contributed by atoms with Gasteiger partial charge in [0.05, 0.1) is 0 Å². The van der Waals surface area contributed by atoms with Crippen molar-refractivity contribution in [2.24, 2.45) is 0 Å². The van der Waals surface area contributed by atoms with Gasteiger partial charge < -0.3 is 15.2 Å². The molecule has 0 spiro atoms. The first-order valence-corrected chi connectivity index (χ1v) is 8.91. The van der Waals surface area contributed by atoms with E-state index in [4.69, 9.17) is 0 Å². The molecule has 26 heavy (non-hydrogen) atoms. The van der Waals surface area contributed by atoms with Crippen molar-refractivity contribution < 1.29 is 4.79 Å². The number of nitrogens with zero attached hydrogens (tertiary/aromatic N) is 4. The van der Waals surface area contributed by atoms with Crippen molar-refractivity contribution in [1.82, 2.24) is 25.2 Å². The normalized spacial score (nSPS) is 15.0. The predicted molar refractivity (Wildman–Crippen MR) is 99.5 cm³/mol. The van der Waals surface area contributed by atoms with Gasteiger partial charge in [-0.3, -0.25) is 14.5 Å². The van der Waals surface area contributed by atoms with Gasteiger partial charge in [0.15, 0.2) is 0 Å². The number of hydrogen-bond donors (Lipinski definition) is 2. The molecule has 0 atom stereocenters. The summed E-state index contributed by atoms with van der Waals surface area (Å²) in [4.78, 5) is 39.6. The first kappa shape index (κ1) is 18.1. The number of H-pyrrole nitrogens is 1. The van der Waals surface area contributed by atoms with Gasteiger partial charge >= 0.3 is 0 Å². The fourth-order valence-corrected chi connectivity index (χ4v) is 2.98. The Hall–Kier alpha value is -2.74. The SMILES string of the molecule is CCc1cc(C(=O)NCCN2CCN(c3ncccn3)CC2)cc(=O)[nH]1. The van der Waals surface area contributed by atoms with Crippen LogP contribution in [0.3, 0.4) is 0 Å². The van der Waals surface area contributed by atoms with Gasteiger partial charge in [0.25, 0.3) is 5.91 Å². The molecule has 1 amide bonds. The molecule has 2 aromatic rings. The minimum Gasteiger partial charge on any atom is -0.351 e. The van der Waals surface area contributed by atoms with Crippen molar-refractivity contribution >= 4 is 11.9 Å².